The van der Waals surface area contributed by atoms with Crippen LogP contribution in [0.1, 0.15) is 11.1 Å². The van der Waals surface area contributed by atoms with Crippen LogP contribution >= 0.6 is 11.8 Å². The van der Waals surface area contributed by atoms with E-state index in [1.54, 1.807) is 11.8 Å². The summed E-state index contributed by atoms with van der Waals surface area (Å²) in [5.74, 6) is 0. The summed E-state index contributed by atoms with van der Waals surface area (Å²) in [6.45, 7) is 2.01. The van der Waals surface area contributed by atoms with Crippen LogP contribution < -0.4 is 5.73 Å². The number of anilines is 1. The molecule has 2 aromatic carbocycles. The number of nitrogens with two attached hydrogens (primary N) is 1. The molecule has 0 radical (unpaired) electrons. The van der Waals surface area contributed by atoms with Gasteiger partial charge in [-0.1, -0.05) is 23.9 Å². The van der Waals surface area contributed by atoms with Gasteiger partial charge in [-0.15, -0.1) is 0 Å². The SMILES string of the molecule is Cc1cccc(C#N)c1Sc1ccc(N)cc1. The Labute approximate surface area is 105 Å². The Hall–Kier alpha value is -1.92. The summed E-state index contributed by atoms with van der Waals surface area (Å²) in [6, 6.07) is 15.6. The predicted octanol–water partition coefficient (Wildman–Crippen LogP) is 3.60. The van der Waals surface area contributed by atoms with E-state index in [-0.39, 0.29) is 0 Å². The molecule has 0 saturated carbocycles. The van der Waals surface area contributed by atoms with E-state index < -0.39 is 0 Å². The van der Waals surface area contributed by atoms with Crippen molar-refractivity contribution >= 4 is 17.4 Å². The van der Waals surface area contributed by atoms with Gasteiger partial charge in [0.15, 0.2) is 0 Å². The first kappa shape index (κ1) is 11.6. The molecule has 17 heavy (non-hydrogen) atoms. The van der Waals surface area contributed by atoms with Crippen LogP contribution in [-0.2, 0) is 0 Å². The Morgan fingerprint density at radius 1 is 1.12 bits per heavy atom. The Morgan fingerprint density at radius 3 is 2.47 bits per heavy atom. The maximum atomic E-state index is 9.08. The van der Waals surface area contributed by atoms with Gasteiger partial charge in [-0.05, 0) is 42.8 Å². The molecular weight excluding hydrogens is 228 g/mol. The lowest BCUT2D eigenvalue weighted by Crippen LogP contribution is -1.87. The predicted molar refractivity (Wildman–Crippen MR) is 70.9 cm³/mol. The lowest BCUT2D eigenvalue weighted by Gasteiger charge is -2.07. The molecule has 0 unspecified atom stereocenters. The summed E-state index contributed by atoms with van der Waals surface area (Å²) >= 11 is 1.60. The summed E-state index contributed by atoms with van der Waals surface area (Å²) in [4.78, 5) is 2.10. The largest absolute Gasteiger partial charge is 0.399 e. The molecule has 0 aliphatic rings. The van der Waals surface area contributed by atoms with Crippen molar-refractivity contribution in [3.05, 3.63) is 53.6 Å². The lowest BCUT2D eigenvalue weighted by molar-refractivity contribution is 1.26. The highest BCUT2D eigenvalue weighted by atomic mass is 32.2. The molecule has 2 N–H and O–H groups in total. The zero-order valence-electron chi connectivity index (χ0n) is 9.47. The number of hydrogen-bond donors (Lipinski definition) is 1. The third-order valence-corrected chi connectivity index (χ3v) is 3.69. The first-order valence-electron chi connectivity index (χ1n) is 5.24. The maximum Gasteiger partial charge on any atom is 0.100 e. The molecule has 2 nitrogen and oxygen atoms in total. The number of aryl methyl sites for hydroxylation is 1. The minimum atomic E-state index is 0.715. The Balaban J connectivity index is 2.36. The van der Waals surface area contributed by atoms with Crippen LogP contribution in [0.5, 0.6) is 0 Å². The van der Waals surface area contributed by atoms with E-state index in [0.29, 0.717) is 5.56 Å². The summed E-state index contributed by atoms with van der Waals surface area (Å²) in [7, 11) is 0. The van der Waals surface area contributed by atoms with Gasteiger partial charge in [0.05, 0.1) is 5.56 Å². The third-order valence-electron chi connectivity index (χ3n) is 2.43. The average molecular weight is 240 g/mol. The highest BCUT2D eigenvalue weighted by Gasteiger charge is 2.06. The van der Waals surface area contributed by atoms with Crippen LogP contribution in [0.25, 0.3) is 0 Å². The molecule has 2 aromatic rings. The van der Waals surface area contributed by atoms with E-state index in [0.717, 1.165) is 21.0 Å². The fourth-order valence-corrected chi connectivity index (χ4v) is 2.49. The van der Waals surface area contributed by atoms with Gasteiger partial charge in [0.1, 0.15) is 6.07 Å². The van der Waals surface area contributed by atoms with Crippen molar-refractivity contribution in [3.8, 4) is 6.07 Å². The van der Waals surface area contributed by atoms with E-state index in [2.05, 4.69) is 6.07 Å². The van der Waals surface area contributed by atoms with Crippen LogP contribution in [0.2, 0.25) is 0 Å². The molecule has 0 aromatic heterocycles. The van der Waals surface area contributed by atoms with E-state index in [9.17, 15) is 0 Å². The molecular formula is C14H12N2S. The molecule has 0 bridgehead atoms. The van der Waals surface area contributed by atoms with Crippen LogP contribution in [0.4, 0.5) is 5.69 Å². The first-order valence-corrected chi connectivity index (χ1v) is 6.05. The maximum absolute atomic E-state index is 9.08. The number of benzene rings is 2. The second-order valence-corrected chi connectivity index (χ2v) is 4.82. The zero-order chi connectivity index (χ0) is 12.3. The first-order chi connectivity index (χ1) is 8.20. The van der Waals surface area contributed by atoms with Crippen molar-refractivity contribution in [2.24, 2.45) is 0 Å². The number of nitrogen functional groups attached to an aromatic ring is 1. The average Bonchev–Trinajstić information content (AvgIpc) is 2.34. The van der Waals surface area contributed by atoms with Gasteiger partial charge in [-0.2, -0.15) is 5.26 Å². The molecule has 2 rings (SSSR count). The second-order valence-electron chi connectivity index (χ2n) is 3.73. The molecule has 3 heteroatoms. The van der Waals surface area contributed by atoms with Gasteiger partial charge >= 0.3 is 0 Å². The van der Waals surface area contributed by atoms with E-state index in [1.807, 2.05) is 49.4 Å². The van der Waals surface area contributed by atoms with E-state index in [1.165, 1.54) is 0 Å². The van der Waals surface area contributed by atoms with Crippen LogP contribution in [0.15, 0.2) is 52.3 Å². The highest BCUT2D eigenvalue weighted by molar-refractivity contribution is 7.99. The normalized spacial score (nSPS) is 9.88. The number of nitrogens with zero attached hydrogens (tertiary/aromatic N) is 1. The number of hydrogen-bond acceptors (Lipinski definition) is 3. The molecule has 0 spiro atoms. The summed E-state index contributed by atoms with van der Waals surface area (Å²) in [5.41, 5.74) is 8.23. The fourth-order valence-electron chi connectivity index (χ4n) is 1.53. The Bertz CT molecular complexity index is 568. The summed E-state index contributed by atoms with van der Waals surface area (Å²) in [6.07, 6.45) is 0. The minimum Gasteiger partial charge on any atom is -0.399 e. The molecule has 0 aliphatic carbocycles. The van der Waals surface area contributed by atoms with Crippen molar-refractivity contribution in [1.29, 1.82) is 5.26 Å². The topological polar surface area (TPSA) is 49.8 Å². The lowest BCUT2D eigenvalue weighted by atomic mass is 10.1. The number of nitriles is 1. The quantitative estimate of drug-likeness (QED) is 0.816. The molecule has 0 fully saturated rings. The van der Waals surface area contributed by atoms with Gasteiger partial charge in [0.25, 0.3) is 0 Å². The van der Waals surface area contributed by atoms with Crippen molar-refractivity contribution in [2.45, 2.75) is 16.7 Å². The smallest absolute Gasteiger partial charge is 0.100 e. The van der Waals surface area contributed by atoms with E-state index >= 15 is 0 Å². The molecule has 0 saturated heterocycles. The van der Waals surface area contributed by atoms with Gasteiger partial charge in [-0.25, -0.2) is 0 Å². The number of rotatable bonds is 2. The van der Waals surface area contributed by atoms with Gasteiger partial charge in [0.2, 0.25) is 0 Å². The van der Waals surface area contributed by atoms with Crippen molar-refractivity contribution < 1.29 is 0 Å². The molecule has 84 valence electrons. The standard InChI is InChI=1S/C14H12N2S/c1-10-3-2-4-11(9-15)14(10)17-13-7-5-12(16)6-8-13/h2-8H,16H2,1H3. The fraction of sp³-hybridized carbons (Fsp3) is 0.0714. The van der Waals surface area contributed by atoms with Crippen LogP contribution in [0.3, 0.4) is 0 Å². The highest BCUT2D eigenvalue weighted by Crippen LogP contribution is 2.33. The second kappa shape index (κ2) is 4.94. The zero-order valence-corrected chi connectivity index (χ0v) is 10.3. The van der Waals surface area contributed by atoms with Gasteiger partial charge in [0, 0.05) is 15.5 Å². The van der Waals surface area contributed by atoms with Gasteiger partial charge < -0.3 is 5.73 Å². The molecule has 0 heterocycles. The van der Waals surface area contributed by atoms with Gasteiger partial charge in [-0.3, -0.25) is 0 Å². The van der Waals surface area contributed by atoms with Crippen molar-refractivity contribution in [1.82, 2.24) is 0 Å². The Morgan fingerprint density at radius 2 is 1.82 bits per heavy atom. The van der Waals surface area contributed by atoms with Crippen LogP contribution in [0, 0.1) is 18.3 Å². The van der Waals surface area contributed by atoms with Crippen LogP contribution in [-0.4, -0.2) is 0 Å². The molecule has 0 amide bonds. The van der Waals surface area contributed by atoms with Crippen molar-refractivity contribution in [2.75, 3.05) is 5.73 Å². The molecule has 0 aliphatic heterocycles. The summed E-state index contributed by atoms with van der Waals surface area (Å²) < 4.78 is 0. The monoisotopic (exact) mass is 240 g/mol. The van der Waals surface area contributed by atoms with Crippen molar-refractivity contribution in [3.63, 3.8) is 0 Å². The summed E-state index contributed by atoms with van der Waals surface area (Å²) in [5, 5.41) is 9.08. The molecule has 0 atom stereocenters. The van der Waals surface area contributed by atoms with E-state index in [4.69, 9.17) is 11.0 Å². The minimum absolute atomic E-state index is 0.715. The third kappa shape index (κ3) is 2.61. The Kier molecular flexibility index (Phi) is 3.36.